The highest BCUT2D eigenvalue weighted by Crippen LogP contribution is 2.59. The van der Waals surface area contributed by atoms with E-state index in [1.807, 2.05) is 0 Å². The predicted octanol–water partition coefficient (Wildman–Crippen LogP) is 5.94. The van der Waals surface area contributed by atoms with Crippen molar-refractivity contribution in [2.45, 2.75) is 20.8 Å². The standard InChI is InChI=1S/C31H26N2O4/c1-17-4-9-20(10-5-17)26(21-11-6-18(2)7-12-21)27-23-14-15-24(27)29-28(23)30(34)32(31(29)35)25-16-22(33(36)37)13-8-19(25)3/h4-16,23-24,28-29H,1-3H3/t23-,24-,28+,29+/m1/s1. The topological polar surface area (TPSA) is 80.5 Å². The van der Waals surface area contributed by atoms with E-state index in [1.165, 1.54) is 17.0 Å². The number of imide groups is 1. The van der Waals surface area contributed by atoms with Crippen molar-refractivity contribution in [1.82, 2.24) is 0 Å². The number of hydrogen-bond donors (Lipinski definition) is 0. The number of carbonyl (C=O) groups is 2. The maximum atomic E-state index is 13.8. The molecule has 2 fully saturated rings. The SMILES string of the molecule is Cc1ccc(C(=C2[C@H]3C=C[C@H]2[C@@H]2C(=O)N(c4cc([N+](=O)[O-])ccc4C)C(=O)[C@H]23)c2ccc(C)cc2)cc1. The van der Waals surface area contributed by atoms with Crippen LogP contribution in [0.25, 0.3) is 5.57 Å². The molecule has 1 aliphatic heterocycles. The van der Waals surface area contributed by atoms with Crippen molar-refractivity contribution in [2.75, 3.05) is 4.90 Å². The highest BCUT2D eigenvalue weighted by molar-refractivity contribution is 6.24. The van der Waals surface area contributed by atoms with Gasteiger partial charge >= 0.3 is 0 Å². The summed E-state index contributed by atoms with van der Waals surface area (Å²) in [6.45, 7) is 5.86. The van der Waals surface area contributed by atoms with Crippen LogP contribution in [-0.4, -0.2) is 16.7 Å². The monoisotopic (exact) mass is 490 g/mol. The van der Waals surface area contributed by atoms with Crippen molar-refractivity contribution >= 4 is 28.8 Å². The molecule has 0 unspecified atom stereocenters. The third-order valence-electron chi connectivity index (χ3n) is 8.03. The number of allylic oxidation sites excluding steroid dienone is 3. The molecule has 3 aromatic rings. The van der Waals surface area contributed by atoms with Crippen LogP contribution in [0.3, 0.4) is 0 Å². The number of carbonyl (C=O) groups excluding carboxylic acids is 2. The lowest BCUT2D eigenvalue weighted by Crippen LogP contribution is -2.34. The van der Waals surface area contributed by atoms with Gasteiger partial charge in [0.05, 0.1) is 22.4 Å². The molecule has 2 amide bonds. The molecule has 6 heteroatoms. The minimum atomic E-state index is -0.512. The third kappa shape index (κ3) is 3.47. The summed E-state index contributed by atoms with van der Waals surface area (Å²) < 4.78 is 0. The predicted molar refractivity (Wildman–Crippen MR) is 142 cm³/mol. The fraction of sp³-hybridized carbons (Fsp3) is 0.226. The van der Waals surface area contributed by atoms with Gasteiger partial charge in [-0.15, -0.1) is 0 Å². The first-order valence-electron chi connectivity index (χ1n) is 12.5. The van der Waals surface area contributed by atoms with Gasteiger partial charge in [0.1, 0.15) is 0 Å². The Bertz CT molecular complexity index is 1450. The van der Waals surface area contributed by atoms with Gasteiger partial charge in [0.2, 0.25) is 11.8 Å². The zero-order valence-corrected chi connectivity index (χ0v) is 20.8. The molecule has 0 spiro atoms. The van der Waals surface area contributed by atoms with Crippen molar-refractivity contribution in [2.24, 2.45) is 23.7 Å². The van der Waals surface area contributed by atoms with Gasteiger partial charge < -0.3 is 0 Å². The first-order valence-corrected chi connectivity index (χ1v) is 12.5. The van der Waals surface area contributed by atoms with Gasteiger partial charge in [-0.05, 0) is 48.6 Å². The molecule has 0 aromatic heterocycles. The molecule has 6 rings (SSSR count). The molecule has 1 saturated carbocycles. The minimum Gasteiger partial charge on any atom is -0.274 e. The maximum absolute atomic E-state index is 13.8. The van der Waals surface area contributed by atoms with Crippen LogP contribution in [0.5, 0.6) is 0 Å². The zero-order chi connectivity index (χ0) is 26.0. The lowest BCUT2D eigenvalue weighted by Gasteiger charge is -2.22. The molecule has 0 radical (unpaired) electrons. The second-order valence-electron chi connectivity index (χ2n) is 10.3. The van der Waals surface area contributed by atoms with E-state index < -0.39 is 16.8 Å². The number of benzene rings is 3. The van der Waals surface area contributed by atoms with Crippen LogP contribution in [0.15, 0.2) is 84.5 Å². The van der Waals surface area contributed by atoms with E-state index in [1.54, 1.807) is 13.0 Å². The molecule has 4 atom stereocenters. The van der Waals surface area contributed by atoms with Gasteiger partial charge in [0, 0.05) is 24.0 Å². The number of aryl methyl sites for hydroxylation is 3. The Labute approximate surface area is 215 Å². The summed E-state index contributed by atoms with van der Waals surface area (Å²) in [5, 5.41) is 11.4. The number of nitrogens with zero attached hydrogens (tertiary/aromatic N) is 2. The largest absolute Gasteiger partial charge is 0.274 e. The molecule has 3 aromatic carbocycles. The van der Waals surface area contributed by atoms with Crippen molar-refractivity contribution < 1.29 is 14.5 Å². The molecule has 3 aliphatic rings. The molecule has 6 nitrogen and oxygen atoms in total. The van der Waals surface area contributed by atoms with E-state index >= 15 is 0 Å². The van der Waals surface area contributed by atoms with Crippen LogP contribution in [0.1, 0.15) is 27.8 Å². The maximum Gasteiger partial charge on any atom is 0.271 e. The van der Waals surface area contributed by atoms with E-state index in [0.29, 0.717) is 11.3 Å². The average Bonchev–Trinajstić information content (AvgIpc) is 3.51. The second kappa shape index (κ2) is 8.37. The first-order chi connectivity index (χ1) is 17.8. The third-order valence-corrected chi connectivity index (χ3v) is 8.03. The molecule has 2 aliphatic carbocycles. The van der Waals surface area contributed by atoms with Gasteiger partial charge in [-0.1, -0.05) is 77.9 Å². The lowest BCUT2D eigenvalue weighted by atomic mass is 9.85. The number of non-ortho nitro benzene ring substituents is 1. The normalized spacial score (nSPS) is 23.6. The van der Waals surface area contributed by atoms with Crippen molar-refractivity contribution in [3.8, 4) is 0 Å². The highest BCUT2D eigenvalue weighted by atomic mass is 16.6. The summed E-state index contributed by atoms with van der Waals surface area (Å²) in [4.78, 5) is 39.7. The van der Waals surface area contributed by atoms with E-state index in [4.69, 9.17) is 0 Å². The summed E-state index contributed by atoms with van der Waals surface area (Å²) in [7, 11) is 0. The van der Waals surface area contributed by atoms with Crippen LogP contribution in [0.4, 0.5) is 11.4 Å². The second-order valence-corrected chi connectivity index (χ2v) is 10.3. The lowest BCUT2D eigenvalue weighted by molar-refractivity contribution is -0.384. The fourth-order valence-electron chi connectivity index (χ4n) is 6.23. The van der Waals surface area contributed by atoms with Crippen LogP contribution in [-0.2, 0) is 9.59 Å². The number of anilines is 1. The summed E-state index contributed by atoms with van der Waals surface area (Å²) in [5.41, 5.74) is 7.46. The van der Waals surface area contributed by atoms with Gasteiger partial charge in [-0.25, -0.2) is 4.90 Å². The van der Waals surface area contributed by atoms with Crippen LogP contribution in [0.2, 0.25) is 0 Å². The van der Waals surface area contributed by atoms with Crippen LogP contribution >= 0.6 is 0 Å². The quantitative estimate of drug-likeness (QED) is 0.196. The number of nitro benzene ring substituents is 1. The Balaban J connectivity index is 1.48. The molecule has 184 valence electrons. The Morgan fingerprint density at radius 3 is 1.70 bits per heavy atom. The summed E-state index contributed by atoms with van der Waals surface area (Å²) in [5.74, 6) is -1.98. The summed E-state index contributed by atoms with van der Waals surface area (Å²) in [6, 6.07) is 21.1. The van der Waals surface area contributed by atoms with Crippen LogP contribution < -0.4 is 4.90 Å². The summed E-state index contributed by atoms with van der Waals surface area (Å²) in [6.07, 6.45) is 4.14. The Hall–Kier alpha value is -4.32. The Morgan fingerprint density at radius 2 is 1.24 bits per heavy atom. The molecular formula is C31H26N2O4. The average molecular weight is 491 g/mol. The number of fused-ring (bicyclic) bond motifs is 5. The van der Waals surface area contributed by atoms with Gasteiger partial charge in [0.25, 0.3) is 5.69 Å². The number of rotatable bonds is 4. The van der Waals surface area contributed by atoms with Gasteiger partial charge in [-0.2, -0.15) is 0 Å². The van der Waals surface area contributed by atoms with E-state index in [0.717, 1.165) is 33.4 Å². The van der Waals surface area contributed by atoms with E-state index in [2.05, 4.69) is 74.5 Å². The smallest absolute Gasteiger partial charge is 0.271 e. The molecular weight excluding hydrogens is 464 g/mol. The fourth-order valence-corrected chi connectivity index (χ4v) is 6.23. The Kier molecular flexibility index (Phi) is 5.23. The molecule has 1 heterocycles. The van der Waals surface area contributed by atoms with E-state index in [-0.39, 0.29) is 29.3 Å². The zero-order valence-electron chi connectivity index (χ0n) is 20.8. The van der Waals surface area contributed by atoms with Crippen molar-refractivity contribution in [3.05, 3.63) is 122 Å². The number of nitro groups is 1. The van der Waals surface area contributed by atoms with Crippen molar-refractivity contribution in [1.29, 1.82) is 0 Å². The Morgan fingerprint density at radius 1 is 0.757 bits per heavy atom. The first kappa shape index (κ1) is 23.1. The van der Waals surface area contributed by atoms with Gasteiger partial charge in [0.15, 0.2) is 0 Å². The highest BCUT2D eigenvalue weighted by Gasteiger charge is 2.62. The molecule has 2 bridgehead atoms. The molecule has 37 heavy (non-hydrogen) atoms. The summed E-state index contributed by atoms with van der Waals surface area (Å²) >= 11 is 0. The number of amides is 2. The van der Waals surface area contributed by atoms with Crippen LogP contribution in [0, 0.1) is 54.6 Å². The molecule has 1 saturated heterocycles. The minimum absolute atomic E-state index is 0.138. The molecule has 0 N–H and O–H groups in total. The number of hydrogen-bond acceptors (Lipinski definition) is 4. The van der Waals surface area contributed by atoms with E-state index in [9.17, 15) is 19.7 Å². The van der Waals surface area contributed by atoms with Crippen molar-refractivity contribution in [3.63, 3.8) is 0 Å². The van der Waals surface area contributed by atoms with Gasteiger partial charge in [-0.3, -0.25) is 19.7 Å².